The van der Waals surface area contributed by atoms with Gasteiger partial charge in [0.25, 0.3) is 0 Å². The topological polar surface area (TPSA) is 61.7 Å². The Bertz CT molecular complexity index is 708. The number of phenols is 1. The molecule has 2 N–H and O–H groups in total. The van der Waals surface area contributed by atoms with Crippen molar-refractivity contribution in [3.05, 3.63) is 65.7 Å². The molecule has 2 atom stereocenters. The van der Waals surface area contributed by atoms with Gasteiger partial charge in [0.15, 0.2) is 0 Å². The fourth-order valence-electron chi connectivity index (χ4n) is 2.76. The molecule has 0 saturated heterocycles. The Morgan fingerprint density at radius 1 is 1.17 bits per heavy atom. The van der Waals surface area contributed by atoms with Gasteiger partial charge in [0.1, 0.15) is 5.75 Å². The SMILES string of the molecule is CC/C(=N\NC(=O)[C@@H]1C[C@H]1c1ccccc1)c1ccc(O)cc1. The van der Waals surface area contributed by atoms with Gasteiger partial charge >= 0.3 is 0 Å². The Labute approximate surface area is 135 Å². The summed E-state index contributed by atoms with van der Waals surface area (Å²) in [7, 11) is 0. The number of carbonyl (C=O) groups excluding carboxylic acids is 1. The van der Waals surface area contributed by atoms with E-state index in [9.17, 15) is 9.90 Å². The summed E-state index contributed by atoms with van der Waals surface area (Å²) >= 11 is 0. The second kappa shape index (κ2) is 6.65. The standard InChI is InChI=1S/C19H20N2O2/c1-2-18(14-8-10-15(22)11-9-14)20-21-19(23)17-12-16(17)13-6-4-3-5-7-13/h3-11,16-17,22H,2,12H2,1H3,(H,21,23)/b20-18+/t16-,17+/m0/s1. The second-order valence-electron chi connectivity index (χ2n) is 5.79. The summed E-state index contributed by atoms with van der Waals surface area (Å²) in [6, 6.07) is 17.0. The number of hydrogen-bond donors (Lipinski definition) is 2. The van der Waals surface area contributed by atoms with Crippen LogP contribution in [-0.2, 0) is 4.79 Å². The van der Waals surface area contributed by atoms with E-state index >= 15 is 0 Å². The normalized spacial score (nSPS) is 20.1. The van der Waals surface area contributed by atoms with Crippen molar-refractivity contribution >= 4 is 11.6 Å². The van der Waals surface area contributed by atoms with E-state index in [2.05, 4.69) is 22.7 Å². The van der Waals surface area contributed by atoms with Crippen LogP contribution in [0.2, 0.25) is 0 Å². The van der Waals surface area contributed by atoms with E-state index in [0.717, 1.165) is 17.7 Å². The van der Waals surface area contributed by atoms with Gasteiger partial charge in [-0.3, -0.25) is 4.79 Å². The molecule has 1 saturated carbocycles. The van der Waals surface area contributed by atoms with E-state index in [1.807, 2.05) is 25.1 Å². The maximum absolute atomic E-state index is 12.2. The molecule has 0 aliphatic heterocycles. The number of benzene rings is 2. The van der Waals surface area contributed by atoms with Crippen molar-refractivity contribution < 1.29 is 9.90 Å². The summed E-state index contributed by atoms with van der Waals surface area (Å²) in [5.74, 6) is 0.518. The third-order valence-corrected chi connectivity index (χ3v) is 4.19. The summed E-state index contributed by atoms with van der Waals surface area (Å²) < 4.78 is 0. The predicted molar refractivity (Wildman–Crippen MR) is 90.4 cm³/mol. The van der Waals surface area contributed by atoms with E-state index < -0.39 is 0 Å². The summed E-state index contributed by atoms with van der Waals surface area (Å²) in [6.07, 6.45) is 1.59. The minimum atomic E-state index is -0.0245. The number of phenolic OH excluding ortho intramolecular Hbond substituents is 1. The van der Waals surface area contributed by atoms with Gasteiger partial charge in [0.2, 0.25) is 5.91 Å². The summed E-state index contributed by atoms with van der Waals surface area (Å²) in [5.41, 5.74) is 5.61. The quantitative estimate of drug-likeness (QED) is 0.656. The van der Waals surface area contributed by atoms with Crippen LogP contribution in [0.25, 0.3) is 0 Å². The molecule has 1 fully saturated rings. The molecule has 0 unspecified atom stereocenters. The smallest absolute Gasteiger partial charge is 0.243 e. The van der Waals surface area contributed by atoms with Gasteiger partial charge in [0, 0.05) is 5.92 Å². The molecule has 0 radical (unpaired) electrons. The monoisotopic (exact) mass is 308 g/mol. The Morgan fingerprint density at radius 2 is 1.87 bits per heavy atom. The predicted octanol–water partition coefficient (Wildman–Crippen LogP) is 3.43. The third kappa shape index (κ3) is 3.59. The van der Waals surface area contributed by atoms with Gasteiger partial charge in [-0.15, -0.1) is 0 Å². The Morgan fingerprint density at radius 3 is 2.52 bits per heavy atom. The molecule has 0 heterocycles. The molecule has 4 nitrogen and oxygen atoms in total. The minimum Gasteiger partial charge on any atom is -0.508 e. The lowest BCUT2D eigenvalue weighted by atomic mass is 10.1. The fraction of sp³-hybridized carbons (Fsp3) is 0.263. The zero-order valence-electron chi connectivity index (χ0n) is 13.1. The Hall–Kier alpha value is -2.62. The molecular weight excluding hydrogens is 288 g/mol. The lowest BCUT2D eigenvalue weighted by molar-refractivity contribution is -0.122. The van der Waals surface area contributed by atoms with E-state index in [4.69, 9.17) is 0 Å². The zero-order chi connectivity index (χ0) is 16.2. The Kier molecular flexibility index (Phi) is 4.42. The highest BCUT2D eigenvalue weighted by Gasteiger charge is 2.43. The van der Waals surface area contributed by atoms with Gasteiger partial charge < -0.3 is 5.11 Å². The summed E-state index contributed by atoms with van der Waals surface area (Å²) in [6.45, 7) is 1.99. The number of hydrazone groups is 1. The number of aromatic hydroxyl groups is 1. The average Bonchev–Trinajstić information content (AvgIpc) is 3.38. The van der Waals surface area contributed by atoms with Crippen molar-refractivity contribution in [3.8, 4) is 5.75 Å². The lowest BCUT2D eigenvalue weighted by Crippen LogP contribution is -2.22. The number of hydrogen-bond acceptors (Lipinski definition) is 3. The molecule has 1 amide bonds. The largest absolute Gasteiger partial charge is 0.508 e. The molecule has 0 aromatic heterocycles. The second-order valence-corrected chi connectivity index (χ2v) is 5.79. The molecule has 0 spiro atoms. The molecule has 3 rings (SSSR count). The first kappa shape index (κ1) is 15.3. The van der Waals surface area contributed by atoms with Crippen LogP contribution in [0.4, 0.5) is 0 Å². The van der Waals surface area contributed by atoms with Crippen molar-refractivity contribution in [2.45, 2.75) is 25.7 Å². The van der Waals surface area contributed by atoms with Gasteiger partial charge in [-0.05, 0) is 54.2 Å². The van der Waals surface area contributed by atoms with Gasteiger partial charge in [-0.1, -0.05) is 37.3 Å². The van der Waals surface area contributed by atoms with Crippen LogP contribution in [0.15, 0.2) is 59.7 Å². The maximum Gasteiger partial charge on any atom is 0.243 e. The van der Waals surface area contributed by atoms with Gasteiger partial charge in [0.05, 0.1) is 5.71 Å². The van der Waals surface area contributed by atoms with Crippen molar-refractivity contribution in [1.82, 2.24) is 5.43 Å². The number of rotatable bonds is 5. The highest BCUT2D eigenvalue weighted by atomic mass is 16.3. The molecular formula is C19H20N2O2. The van der Waals surface area contributed by atoms with Crippen LogP contribution < -0.4 is 5.43 Å². The van der Waals surface area contributed by atoms with Crippen molar-refractivity contribution in [2.75, 3.05) is 0 Å². The van der Waals surface area contributed by atoms with Crippen molar-refractivity contribution in [3.63, 3.8) is 0 Å². The molecule has 2 aromatic carbocycles. The fourth-order valence-corrected chi connectivity index (χ4v) is 2.76. The van der Waals surface area contributed by atoms with Crippen LogP contribution in [0.3, 0.4) is 0 Å². The van der Waals surface area contributed by atoms with Crippen molar-refractivity contribution in [2.24, 2.45) is 11.0 Å². The molecule has 118 valence electrons. The third-order valence-electron chi connectivity index (χ3n) is 4.19. The molecule has 0 bridgehead atoms. The van der Waals surface area contributed by atoms with Crippen LogP contribution in [0.1, 0.15) is 36.8 Å². The molecule has 2 aromatic rings. The average molecular weight is 308 g/mol. The molecule has 23 heavy (non-hydrogen) atoms. The van der Waals surface area contributed by atoms with Crippen LogP contribution in [0, 0.1) is 5.92 Å². The zero-order valence-corrected chi connectivity index (χ0v) is 13.1. The van der Waals surface area contributed by atoms with E-state index in [1.165, 1.54) is 5.56 Å². The van der Waals surface area contributed by atoms with Crippen LogP contribution >= 0.6 is 0 Å². The Balaban J connectivity index is 1.63. The number of amides is 1. The first-order valence-electron chi connectivity index (χ1n) is 7.89. The highest BCUT2D eigenvalue weighted by Crippen LogP contribution is 2.47. The van der Waals surface area contributed by atoms with Gasteiger partial charge in [-0.2, -0.15) is 5.10 Å². The first-order valence-corrected chi connectivity index (χ1v) is 7.89. The number of nitrogens with one attached hydrogen (secondary N) is 1. The van der Waals surface area contributed by atoms with Crippen molar-refractivity contribution in [1.29, 1.82) is 0 Å². The highest BCUT2D eigenvalue weighted by molar-refractivity contribution is 6.01. The maximum atomic E-state index is 12.2. The van der Waals surface area contributed by atoms with Crippen LogP contribution in [0.5, 0.6) is 5.75 Å². The lowest BCUT2D eigenvalue weighted by Gasteiger charge is -2.05. The van der Waals surface area contributed by atoms with E-state index in [0.29, 0.717) is 12.3 Å². The molecule has 4 heteroatoms. The first-order chi connectivity index (χ1) is 11.2. The molecule has 1 aliphatic carbocycles. The summed E-state index contributed by atoms with van der Waals surface area (Å²) in [5, 5.41) is 13.6. The molecule has 1 aliphatic rings. The van der Waals surface area contributed by atoms with Gasteiger partial charge in [-0.25, -0.2) is 5.43 Å². The number of nitrogens with zero attached hydrogens (tertiary/aromatic N) is 1. The van der Waals surface area contributed by atoms with E-state index in [1.54, 1.807) is 24.3 Å². The van der Waals surface area contributed by atoms with Crippen LogP contribution in [-0.4, -0.2) is 16.7 Å². The van der Waals surface area contributed by atoms with E-state index in [-0.39, 0.29) is 17.6 Å². The summed E-state index contributed by atoms with van der Waals surface area (Å²) in [4.78, 5) is 12.2. The number of carbonyl (C=O) groups is 1. The minimum absolute atomic E-state index is 0.0130.